The second-order valence-corrected chi connectivity index (χ2v) is 6.80. The molecule has 0 aliphatic heterocycles. The smallest absolute Gasteiger partial charge is 0.266 e. The molecule has 2 aromatic heterocycles. The van der Waals surface area contributed by atoms with Crippen molar-refractivity contribution in [3.63, 3.8) is 0 Å². The average Bonchev–Trinajstić information content (AvgIpc) is 3.46. The molecule has 0 saturated carbocycles. The number of H-pyrrole nitrogens is 1. The van der Waals surface area contributed by atoms with Crippen LogP contribution in [0.1, 0.15) is 22.6 Å². The fraction of sp³-hybridized carbons (Fsp3) is 0.136. The highest BCUT2D eigenvalue weighted by Crippen LogP contribution is 2.40. The molecule has 0 fully saturated rings. The first-order valence-corrected chi connectivity index (χ1v) is 9.26. The van der Waals surface area contributed by atoms with Crippen molar-refractivity contribution < 1.29 is 18.3 Å². The van der Waals surface area contributed by atoms with Gasteiger partial charge in [0.15, 0.2) is 11.5 Å². The van der Waals surface area contributed by atoms with Gasteiger partial charge in [-0.05, 0) is 47.5 Å². The van der Waals surface area contributed by atoms with Crippen LogP contribution in [-0.2, 0) is 6.42 Å². The minimum Gasteiger partial charge on any atom is -0.493 e. The molecule has 30 heavy (non-hydrogen) atoms. The van der Waals surface area contributed by atoms with Crippen molar-refractivity contribution in [2.45, 2.75) is 6.42 Å². The molecule has 8 heteroatoms. The van der Waals surface area contributed by atoms with Crippen molar-refractivity contribution in [3.8, 4) is 34.3 Å². The van der Waals surface area contributed by atoms with Crippen LogP contribution in [0.2, 0.25) is 0 Å². The number of nitrogens with zero attached hydrogens (tertiary/aromatic N) is 3. The van der Waals surface area contributed by atoms with Crippen LogP contribution in [0.15, 0.2) is 40.8 Å². The SMILES string of the molecule is COc1ccc(/C=C/c2nnc(-c3[nH]nc4c3Cc3cc(F)ccc3-4)o2)cc1OC. The van der Waals surface area contributed by atoms with Crippen LogP contribution in [0.4, 0.5) is 4.39 Å². The summed E-state index contributed by atoms with van der Waals surface area (Å²) in [7, 11) is 3.18. The fourth-order valence-corrected chi connectivity index (χ4v) is 3.59. The highest BCUT2D eigenvalue weighted by molar-refractivity contribution is 5.79. The average molecular weight is 404 g/mol. The predicted molar refractivity (Wildman–Crippen MR) is 109 cm³/mol. The molecular formula is C22H17FN4O3. The van der Waals surface area contributed by atoms with E-state index in [1.54, 1.807) is 26.4 Å². The Labute approximate surface area is 171 Å². The fourth-order valence-electron chi connectivity index (χ4n) is 3.59. The third-order valence-electron chi connectivity index (χ3n) is 5.04. The van der Waals surface area contributed by atoms with Gasteiger partial charge < -0.3 is 13.9 Å². The first kappa shape index (κ1) is 18.1. The third-order valence-corrected chi connectivity index (χ3v) is 5.04. The topological polar surface area (TPSA) is 86.1 Å². The van der Waals surface area contributed by atoms with Gasteiger partial charge in [-0.15, -0.1) is 10.2 Å². The molecule has 0 amide bonds. The lowest BCUT2D eigenvalue weighted by Crippen LogP contribution is -1.90. The van der Waals surface area contributed by atoms with Gasteiger partial charge in [0.25, 0.3) is 5.89 Å². The number of aromatic amines is 1. The summed E-state index contributed by atoms with van der Waals surface area (Å²) in [5.41, 5.74) is 5.08. The number of rotatable bonds is 5. The van der Waals surface area contributed by atoms with Gasteiger partial charge in [0.2, 0.25) is 5.89 Å². The van der Waals surface area contributed by atoms with E-state index in [1.807, 2.05) is 24.3 Å². The van der Waals surface area contributed by atoms with Crippen molar-refractivity contribution in [2.24, 2.45) is 0 Å². The number of methoxy groups -OCH3 is 2. The first-order valence-electron chi connectivity index (χ1n) is 9.26. The highest BCUT2D eigenvalue weighted by atomic mass is 19.1. The van der Waals surface area contributed by atoms with E-state index in [0.29, 0.717) is 35.4 Å². The maximum atomic E-state index is 13.5. The molecule has 150 valence electrons. The second kappa shape index (κ2) is 7.14. The summed E-state index contributed by atoms with van der Waals surface area (Å²) >= 11 is 0. The first-order chi connectivity index (χ1) is 14.7. The number of aromatic nitrogens is 4. The Kier molecular flexibility index (Phi) is 4.31. The number of nitrogens with one attached hydrogen (secondary N) is 1. The highest BCUT2D eigenvalue weighted by Gasteiger charge is 2.27. The van der Waals surface area contributed by atoms with E-state index in [-0.39, 0.29) is 5.82 Å². The Morgan fingerprint density at radius 1 is 1.03 bits per heavy atom. The summed E-state index contributed by atoms with van der Waals surface area (Å²) in [6.45, 7) is 0. The molecule has 4 aromatic rings. The Balaban J connectivity index is 1.40. The summed E-state index contributed by atoms with van der Waals surface area (Å²) in [5, 5.41) is 15.5. The van der Waals surface area contributed by atoms with Crippen LogP contribution < -0.4 is 9.47 Å². The van der Waals surface area contributed by atoms with E-state index in [4.69, 9.17) is 13.9 Å². The zero-order valence-corrected chi connectivity index (χ0v) is 16.3. The maximum absolute atomic E-state index is 13.5. The number of hydrogen-bond acceptors (Lipinski definition) is 6. The number of halogens is 1. The molecule has 0 radical (unpaired) electrons. The van der Waals surface area contributed by atoms with Gasteiger partial charge in [-0.1, -0.05) is 6.07 Å². The van der Waals surface area contributed by atoms with Crippen molar-refractivity contribution in [1.29, 1.82) is 0 Å². The van der Waals surface area contributed by atoms with Crippen LogP contribution in [0.3, 0.4) is 0 Å². The minimum atomic E-state index is -0.259. The van der Waals surface area contributed by atoms with Gasteiger partial charge in [0.05, 0.1) is 19.9 Å². The van der Waals surface area contributed by atoms with E-state index in [0.717, 1.165) is 27.9 Å². The molecule has 0 spiro atoms. The molecule has 1 N–H and O–H groups in total. The lowest BCUT2D eigenvalue weighted by Gasteiger charge is -2.07. The van der Waals surface area contributed by atoms with Gasteiger partial charge in [-0.25, -0.2) is 4.39 Å². The molecule has 5 rings (SSSR count). The largest absolute Gasteiger partial charge is 0.493 e. The summed E-state index contributed by atoms with van der Waals surface area (Å²) in [5.74, 6) is 1.72. The molecular weight excluding hydrogens is 387 g/mol. The molecule has 0 saturated heterocycles. The van der Waals surface area contributed by atoms with Gasteiger partial charge in [0, 0.05) is 23.6 Å². The second-order valence-electron chi connectivity index (χ2n) is 6.80. The van der Waals surface area contributed by atoms with Crippen LogP contribution in [0.25, 0.3) is 35.0 Å². The third kappa shape index (κ3) is 3.02. The predicted octanol–water partition coefficient (Wildman–Crippen LogP) is 4.36. The summed E-state index contributed by atoms with van der Waals surface area (Å²) in [6.07, 6.45) is 4.13. The van der Waals surface area contributed by atoms with E-state index in [1.165, 1.54) is 12.1 Å². The lowest BCUT2D eigenvalue weighted by molar-refractivity contribution is 0.355. The molecule has 1 aliphatic carbocycles. The number of hydrogen-bond donors (Lipinski definition) is 1. The molecule has 1 aliphatic rings. The van der Waals surface area contributed by atoms with Crippen LogP contribution >= 0.6 is 0 Å². The van der Waals surface area contributed by atoms with Crippen LogP contribution in [0, 0.1) is 5.82 Å². The van der Waals surface area contributed by atoms with Crippen LogP contribution in [0.5, 0.6) is 11.5 Å². The zero-order chi connectivity index (χ0) is 20.7. The normalized spacial score (nSPS) is 12.2. The molecule has 0 atom stereocenters. The van der Waals surface area contributed by atoms with Gasteiger partial charge in [-0.2, -0.15) is 5.10 Å². The van der Waals surface area contributed by atoms with E-state index in [2.05, 4.69) is 20.4 Å². The molecule has 2 aromatic carbocycles. The molecule has 0 bridgehead atoms. The molecule has 2 heterocycles. The number of fused-ring (bicyclic) bond motifs is 3. The Hall–Kier alpha value is -3.94. The number of benzene rings is 2. The minimum absolute atomic E-state index is 0.259. The van der Waals surface area contributed by atoms with Gasteiger partial charge in [-0.3, -0.25) is 5.10 Å². The Morgan fingerprint density at radius 2 is 1.90 bits per heavy atom. The van der Waals surface area contributed by atoms with E-state index < -0.39 is 0 Å². The van der Waals surface area contributed by atoms with Crippen molar-refractivity contribution in [1.82, 2.24) is 20.4 Å². The monoisotopic (exact) mass is 404 g/mol. The maximum Gasteiger partial charge on any atom is 0.266 e. The van der Waals surface area contributed by atoms with Crippen molar-refractivity contribution in [2.75, 3.05) is 14.2 Å². The standard InChI is InChI=1S/C22H17FN4O3/c1-28-17-7-3-12(9-18(17)29-2)4-8-19-24-27-22(30-19)21-16-11-13-10-14(23)5-6-15(13)20(16)25-26-21/h3-10H,11H2,1-2H3,(H,25,26)/b8-4+. The van der Waals surface area contributed by atoms with Crippen molar-refractivity contribution in [3.05, 3.63) is 64.8 Å². The van der Waals surface area contributed by atoms with Gasteiger partial charge >= 0.3 is 0 Å². The van der Waals surface area contributed by atoms with Gasteiger partial charge in [0.1, 0.15) is 11.5 Å². The van der Waals surface area contributed by atoms with Crippen molar-refractivity contribution >= 4 is 12.2 Å². The summed E-state index contributed by atoms with van der Waals surface area (Å²) in [4.78, 5) is 0. The Bertz CT molecular complexity index is 1280. The molecule has 7 nitrogen and oxygen atoms in total. The number of ether oxygens (including phenoxy) is 2. The molecule has 0 unspecified atom stereocenters. The quantitative estimate of drug-likeness (QED) is 0.469. The summed E-state index contributed by atoms with van der Waals surface area (Å²) in [6, 6.07) is 10.3. The van der Waals surface area contributed by atoms with Crippen LogP contribution in [-0.4, -0.2) is 34.6 Å². The summed E-state index contributed by atoms with van der Waals surface area (Å²) < 4.78 is 29.9. The van der Waals surface area contributed by atoms with E-state index in [9.17, 15) is 4.39 Å². The lowest BCUT2D eigenvalue weighted by atomic mass is 10.1. The van der Waals surface area contributed by atoms with E-state index >= 15 is 0 Å². The zero-order valence-electron chi connectivity index (χ0n) is 16.3. The Morgan fingerprint density at radius 3 is 2.73 bits per heavy atom.